The summed E-state index contributed by atoms with van der Waals surface area (Å²) in [4.78, 5) is 14.2. The maximum absolute atomic E-state index is 13.0. The number of rotatable bonds is 7. The van der Waals surface area contributed by atoms with E-state index in [2.05, 4.69) is 9.84 Å². The van der Waals surface area contributed by atoms with Gasteiger partial charge in [0.2, 0.25) is 0 Å². The van der Waals surface area contributed by atoms with Gasteiger partial charge in [-0.15, -0.1) is 0 Å². The molecule has 0 saturated carbocycles. The van der Waals surface area contributed by atoms with Crippen LogP contribution in [0, 0.1) is 0 Å². The molecule has 32 heavy (non-hydrogen) atoms. The summed E-state index contributed by atoms with van der Waals surface area (Å²) in [7, 11) is 2.81. The lowest BCUT2D eigenvalue weighted by atomic mass is 10.2. The lowest BCUT2D eigenvalue weighted by Crippen LogP contribution is -2.27. The summed E-state index contributed by atoms with van der Waals surface area (Å²) in [6.07, 6.45) is -3.21. The Morgan fingerprint density at radius 2 is 1.84 bits per heavy atom. The van der Waals surface area contributed by atoms with Crippen LogP contribution in [0.3, 0.4) is 0 Å². The number of aromatic nitrogens is 2. The molecule has 170 valence electrons. The number of ether oxygens (including phenoxy) is 2. The van der Waals surface area contributed by atoms with Gasteiger partial charge in [-0.05, 0) is 35.9 Å². The zero-order valence-electron chi connectivity index (χ0n) is 16.9. The van der Waals surface area contributed by atoms with Crippen LogP contribution in [0.5, 0.6) is 11.5 Å². The van der Waals surface area contributed by atoms with Crippen LogP contribution in [0.4, 0.5) is 22.0 Å². The van der Waals surface area contributed by atoms with Gasteiger partial charge in [0.15, 0.2) is 11.4 Å². The molecule has 0 unspecified atom stereocenters. The van der Waals surface area contributed by atoms with Crippen LogP contribution in [0.15, 0.2) is 54.7 Å². The number of methoxy groups -OCH3 is 1. The van der Waals surface area contributed by atoms with Crippen LogP contribution in [0.25, 0.3) is 5.69 Å². The van der Waals surface area contributed by atoms with Crippen molar-refractivity contribution in [2.45, 2.75) is 19.3 Å². The number of amides is 1. The Morgan fingerprint density at radius 1 is 1.16 bits per heavy atom. The first-order valence-corrected chi connectivity index (χ1v) is 9.19. The van der Waals surface area contributed by atoms with Crippen molar-refractivity contribution in [1.29, 1.82) is 0 Å². The highest BCUT2D eigenvalue weighted by Crippen LogP contribution is 2.31. The molecular formula is C21H18F5N3O3. The van der Waals surface area contributed by atoms with Crippen molar-refractivity contribution in [3.8, 4) is 17.2 Å². The highest BCUT2D eigenvalue weighted by molar-refractivity contribution is 5.94. The molecule has 0 aliphatic carbocycles. The first kappa shape index (κ1) is 23.0. The van der Waals surface area contributed by atoms with Gasteiger partial charge >= 0.3 is 12.8 Å². The van der Waals surface area contributed by atoms with E-state index in [1.807, 2.05) is 0 Å². The molecule has 1 aromatic heterocycles. The van der Waals surface area contributed by atoms with Gasteiger partial charge < -0.3 is 14.4 Å². The van der Waals surface area contributed by atoms with Crippen LogP contribution in [-0.2, 0) is 12.7 Å². The van der Waals surface area contributed by atoms with E-state index in [0.29, 0.717) is 5.56 Å². The molecule has 0 radical (unpaired) electrons. The summed E-state index contributed by atoms with van der Waals surface area (Å²) in [5, 5.41) is 4.11. The van der Waals surface area contributed by atoms with Gasteiger partial charge in [0, 0.05) is 13.6 Å². The summed E-state index contributed by atoms with van der Waals surface area (Å²) in [6.45, 7) is -2.82. The number of alkyl halides is 5. The Kier molecular flexibility index (Phi) is 6.66. The van der Waals surface area contributed by atoms with Crippen molar-refractivity contribution in [2.24, 2.45) is 0 Å². The quantitative estimate of drug-likeness (QED) is 0.482. The SMILES string of the molecule is COc1cn(-c2cccc(C(F)(F)F)c2)nc1C(=O)N(C)Cc1ccc(OC(F)F)cc1. The van der Waals surface area contributed by atoms with E-state index in [-0.39, 0.29) is 29.4 Å². The third kappa shape index (κ3) is 5.34. The smallest absolute Gasteiger partial charge is 0.416 e. The van der Waals surface area contributed by atoms with Gasteiger partial charge in [-0.25, -0.2) is 4.68 Å². The van der Waals surface area contributed by atoms with Crippen molar-refractivity contribution in [1.82, 2.24) is 14.7 Å². The largest absolute Gasteiger partial charge is 0.493 e. The standard InChI is InChI=1S/C21H18F5N3O3/c1-28(11-13-6-8-16(9-7-13)32-20(22)23)19(30)18-17(31-2)12-29(27-18)15-5-3-4-14(10-15)21(24,25)26/h3-10,12,20H,11H2,1-2H3. The predicted molar refractivity (Wildman–Crippen MR) is 104 cm³/mol. The monoisotopic (exact) mass is 455 g/mol. The van der Waals surface area contributed by atoms with E-state index in [9.17, 15) is 26.7 Å². The summed E-state index contributed by atoms with van der Waals surface area (Å²) in [6, 6.07) is 10.3. The van der Waals surface area contributed by atoms with Gasteiger partial charge in [0.25, 0.3) is 5.91 Å². The fourth-order valence-electron chi connectivity index (χ4n) is 2.92. The minimum Gasteiger partial charge on any atom is -0.493 e. The summed E-state index contributed by atoms with van der Waals surface area (Å²) in [5.41, 5.74) is -0.202. The zero-order valence-corrected chi connectivity index (χ0v) is 16.9. The number of benzene rings is 2. The van der Waals surface area contributed by atoms with E-state index < -0.39 is 24.3 Å². The third-order valence-corrected chi connectivity index (χ3v) is 4.46. The lowest BCUT2D eigenvalue weighted by Gasteiger charge is -2.17. The summed E-state index contributed by atoms with van der Waals surface area (Å²) < 4.78 is 74.1. The Hall–Kier alpha value is -3.63. The van der Waals surface area contributed by atoms with E-state index in [4.69, 9.17) is 4.74 Å². The van der Waals surface area contributed by atoms with Crippen LogP contribution < -0.4 is 9.47 Å². The fraction of sp³-hybridized carbons (Fsp3) is 0.238. The molecular weight excluding hydrogens is 437 g/mol. The molecule has 2 aromatic carbocycles. The van der Waals surface area contributed by atoms with Gasteiger partial charge in [0.05, 0.1) is 24.6 Å². The lowest BCUT2D eigenvalue weighted by molar-refractivity contribution is -0.137. The molecule has 6 nitrogen and oxygen atoms in total. The number of carbonyl (C=O) groups excluding carboxylic acids is 1. The summed E-state index contributed by atoms with van der Waals surface area (Å²) >= 11 is 0. The molecule has 0 spiro atoms. The molecule has 0 saturated heterocycles. The number of carbonyl (C=O) groups is 1. The number of nitrogens with zero attached hydrogens (tertiary/aromatic N) is 3. The fourth-order valence-corrected chi connectivity index (χ4v) is 2.92. The molecule has 11 heteroatoms. The predicted octanol–water partition coefficient (Wildman–Crippen LogP) is 4.77. The highest BCUT2D eigenvalue weighted by atomic mass is 19.4. The van der Waals surface area contributed by atoms with Gasteiger partial charge in [-0.2, -0.15) is 27.1 Å². The average Bonchev–Trinajstić information content (AvgIpc) is 3.18. The van der Waals surface area contributed by atoms with Crippen LogP contribution in [0.1, 0.15) is 21.6 Å². The molecule has 1 amide bonds. The van der Waals surface area contributed by atoms with Crippen LogP contribution in [-0.4, -0.2) is 41.4 Å². The second-order valence-electron chi connectivity index (χ2n) is 6.72. The van der Waals surface area contributed by atoms with Crippen molar-refractivity contribution >= 4 is 5.91 Å². The second kappa shape index (κ2) is 9.25. The van der Waals surface area contributed by atoms with Gasteiger partial charge in [0.1, 0.15) is 5.75 Å². The molecule has 0 atom stereocenters. The average molecular weight is 455 g/mol. The minimum absolute atomic E-state index is 0.0146. The number of hydrogen-bond acceptors (Lipinski definition) is 4. The number of hydrogen-bond donors (Lipinski definition) is 0. The number of halogens is 5. The molecule has 0 aliphatic heterocycles. The van der Waals surface area contributed by atoms with Gasteiger partial charge in [-0.3, -0.25) is 4.79 Å². The molecule has 3 rings (SSSR count). The van der Waals surface area contributed by atoms with Crippen molar-refractivity contribution < 1.29 is 36.2 Å². The molecule has 0 fully saturated rings. The van der Waals surface area contributed by atoms with Crippen molar-refractivity contribution in [3.05, 3.63) is 71.5 Å². The maximum Gasteiger partial charge on any atom is 0.416 e. The maximum atomic E-state index is 13.0. The first-order chi connectivity index (χ1) is 15.1. The minimum atomic E-state index is -4.53. The Balaban J connectivity index is 1.80. The van der Waals surface area contributed by atoms with Crippen LogP contribution in [0.2, 0.25) is 0 Å². The van der Waals surface area contributed by atoms with E-state index in [1.165, 1.54) is 61.7 Å². The molecule has 0 aliphatic rings. The third-order valence-electron chi connectivity index (χ3n) is 4.46. The van der Waals surface area contributed by atoms with E-state index in [1.54, 1.807) is 0 Å². The van der Waals surface area contributed by atoms with Crippen molar-refractivity contribution in [2.75, 3.05) is 14.2 Å². The summed E-state index contributed by atoms with van der Waals surface area (Å²) in [5.74, 6) is -0.473. The zero-order chi connectivity index (χ0) is 23.5. The second-order valence-corrected chi connectivity index (χ2v) is 6.72. The topological polar surface area (TPSA) is 56.6 Å². The Labute approximate surface area is 179 Å². The Bertz CT molecular complexity index is 1080. The molecule has 1 heterocycles. The van der Waals surface area contributed by atoms with Gasteiger partial charge in [-0.1, -0.05) is 18.2 Å². The van der Waals surface area contributed by atoms with E-state index >= 15 is 0 Å². The normalized spacial score (nSPS) is 11.5. The molecule has 0 N–H and O–H groups in total. The van der Waals surface area contributed by atoms with E-state index in [0.717, 1.165) is 16.8 Å². The van der Waals surface area contributed by atoms with Crippen LogP contribution >= 0.6 is 0 Å². The highest BCUT2D eigenvalue weighted by Gasteiger charge is 2.31. The Morgan fingerprint density at radius 3 is 2.44 bits per heavy atom. The molecule has 3 aromatic rings. The first-order valence-electron chi connectivity index (χ1n) is 9.19. The van der Waals surface area contributed by atoms with Crippen molar-refractivity contribution in [3.63, 3.8) is 0 Å². The molecule has 0 bridgehead atoms.